The van der Waals surface area contributed by atoms with Gasteiger partial charge in [-0.25, -0.2) is 0 Å². The molecule has 0 aliphatic carbocycles. The predicted molar refractivity (Wildman–Crippen MR) is 52.6 cm³/mol. The van der Waals surface area contributed by atoms with E-state index in [-0.39, 0.29) is 25.6 Å². The summed E-state index contributed by atoms with van der Waals surface area (Å²) in [4.78, 5) is 12.0. The Bertz CT molecular complexity index is 318. The van der Waals surface area contributed by atoms with Crippen LogP contribution in [0.5, 0.6) is 0 Å². The predicted octanol–water partition coefficient (Wildman–Crippen LogP) is 2.19. The molecule has 1 aliphatic heterocycles. The molecular weight excluding hydrogens is 304 g/mol. The second kappa shape index (κ2) is 5.74. The van der Waals surface area contributed by atoms with E-state index < -0.39 is 30.2 Å². The number of morpholine rings is 1. The first-order valence-electron chi connectivity index (χ1n) is 5.16. The normalized spacial score (nSPS) is 21.9. The maximum Gasteiger partial charge on any atom is 0.409 e. The third-order valence-electron chi connectivity index (χ3n) is 2.59. The maximum absolute atomic E-state index is 12.4. The van der Waals surface area contributed by atoms with Crippen molar-refractivity contribution in [3.63, 3.8) is 0 Å². The van der Waals surface area contributed by atoms with Crippen molar-refractivity contribution < 1.29 is 35.9 Å². The summed E-state index contributed by atoms with van der Waals surface area (Å²) in [6.45, 7) is -0.655. The van der Waals surface area contributed by atoms with Crippen molar-refractivity contribution in [3.8, 4) is 0 Å². The van der Waals surface area contributed by atoms with Crippen molar-refractivity contribution in [2.24, 2.45) is 5.92 Å². The molecule has 1 rings (SSSR count). The number of alkyl halides is 7. The summed E-state index contributed by atoms with van der Waals surface area (Å²) in [7, 11) is 0. The highest BCUT2D eigenvalue weighted by Gasteiger charge is 2.62. The summed E-state index contributed by atoms with van der Waals surface area (Å²) in [6, 6.07) is -0.991. The molecule has 0 radical (unpaired) electrons. The summed E-state index contributed by atoms with van der Waals surface area (Å²) in [5.41, 5.74) is 0. The summed E-state index contributed by atoms with van der Waals surface area (Å²) in [5.74, 6) is -6.36. The quantitative estimate of drug-likeness (QED) is 0.578. The van der Waals surface area contributed by atoms with Crippen LogP contribution in [0.4, 0.5) is 26.3 Å². The number of rotatable bonds is 2. The van der Waals surface area contributed by atoms with E-state index in [0.29, 0.717) is 4.90 Å². The minimum Gasteiger partial charge on any atom is -0.377 e. The van der Waals surface area contributed by atoms with E-state index in [2.05, 4.69) is 0 Å². The Kier molecular flexibility index (Phi) is 4.94. The van der Waals surface area contributed by atoms with E-state index >= 15 is 0 Å². The molecule has 0 aromatic rings. The minimum absolute atomic E-state index is 0.123. The highest BCUT2D eigenvalue weighted by molar-refractivity contribution is 6.18. The molecule has 0 aromatic carbocycles. The Morgan fingerprint density at radius 1 is 1.26 bits per heavy atom. The van der Waals surface area contributed by atoms with Crippen LogP contribution in [-0.2, 0) is 9.53 Å². The van der Waals surface area contributed by atoms with Gasteiger partial charge in [-0.15, -0.1) is 11.6 Å². The first kappa shape index (κ1) is 16.4. The van der Waals surface area contributed by atoms with Crippen molar-refractivity contribution in [1.82, 2.24) is 4.90 Å². The molecule has 1 aliphatic rings. The van der Waals surface area contributed by atoms with Crippen molar-refractivity contribution >= 4 is 17.5 Å². The maximum atomic E-state index is 12.4. The second-order valence-electron chi connectivity index (χ2n) is 3.93. The lowest BCUT2D eigenvalue weighted by molar-refractivity contribution is -0.279. The Labute approximate surface area is 109 Å². The van der Waals surface area contributed by atoms with E-state index in [1.54, 1.807) is 0 Å². The summed E-state index contributed by atoms with van der Waals surface area (Å²) < 4.78 is 79.4. The fourth-order valence-corrected chi connectivity index (χ4v) is 1.96. The van der Waals surface area contributed by atoms with E-state index in [0.717, 1.165) is 0 Å². The van der Waals surface area contributed by atoms with Gasteiger partial charge in [0.05, 0.1) is 19.3 Å². The molecule has 1 amide bonds. The highest BCUT2D eigenvalue weighted by Crippen LogP contribution is 2.40. The second-order valence-corrected chi connectivity index (χ2v) is 4.24. The highest BCUT2D eigenvalue weighted by atomic mass is 35.5. The van der Waals surface area contributed by atoms with E-state index in [9.17, 15) is 31.1 Å². The molecule has 0 saturated carbocycles. The van der Waals surface area contributed by atoms with Crippen molar-refractivity contribution in [3.05, 3.63) is 0 Å². The van der Waals surface area contributed by atoms with Gasteiger partial charge in [0.25, 0.3) is 0 Å². The lowest BCUT2D eigenvalue weighted by Crippen LogP contribution is -2.56. The van der Waals surface area contributed by atoms with Gasteiger partial charge in [-0.3, -0.25) is 4.79 Å². The Morgan fingerprint density at radius 2 is 1.79 bits per heavy atom. The molecule has 0 bridgehead atoms. The fourth-order valence-electron chi connectivity index (χ4n) is 1.70. The molecule has 3 nitrogen and oxygen atoms in total. The molecule has 1 heterocycles. The van der Waals surface area contributed by atoms with Crippen LogP contribution in [0.1, 0.15) is 0 Å². The zero-order valence-electron chi connectivity index (χ0n) is 9.39. The minimum atomic E-state index is -5.69. The van der Waals surface area contributed by atoms with Crippen LogP contribution in [-0.4, -0.2) is 54.8 Å². The summed E-state index contributed by atoms with van der Waals surface area (Å²) in [5, 5.41) is 0. The number of amides is 1. The molecule has 0 N–H and O–H groups in total. The average molecular weight is 314 g/mol. The number of hydrogen-bond donors (Lipinski definition) is 0. The lowest BCUT2D eigenvalue weighted by Gasteiger charge is -2.37. The summed E-state index contributed by atoms with van der Waals surface area (Å²) >= 11 is 5.42. The molecule has 1 fully saturated rings. The largest absolute Gasteiger partial charge is 0.409 e. The molecule has 0 spiro atoms. The number of halogens is 7. The van der Waals surface area contributed by atoms with Gasteiger partial charge < -0.3 is 9.64 Å². The van der Waals surface area contributed by atoms with Gasteiger partial charge in [0.15, 0.2) is 0 Å². The number of carbonyl (C=O) groups is 1. The topological polar surface area (TPSA) is 29.5 Å². The average Bonchev–Trinajstić information content (AvgIpc) is 2.24. The van der Waals surface area contributed by atoms with Crippen molar-refractivity contribution in [1.29, 1.82) is 0 Å². The third-order valence-corrected chi connectivity index (χ3v) is 2.95. The van der Waals surface area contributed by atoms with Crippen LogP contribution < -0.4 is 0 Å². The lowest BCUT2D eigenvalue weighted by atomic mass is 10.1. The Hall–Kier alpha value is -0.700. The summed E-state index contributed by atoms with van der Waals surface area (Å²) in [6.07, 6.45) is -11.4. The number of ether oxygens (including phenoxy) is 1. The standard InChI is InChI=1S/C9H10ClF6NO2/c10-3-5-4-19-2-1-17(5)7(18)6(8(11,12)13)9(14,15)16/h5-6H,1-4H2. The first-order chi connectivity index (χ1) is 8.59. The Morgan fingerprint density at radius 3 is 2.21 bits per heavy atom. The van der Waals surface area contributed by atoms with Crippen LogP contribution in [0.3, 0.4) is 0 Å². The van der Waals surface area contributed by atoms with E-state index in [4.69, 9.17) is 16.3 Å². The smallest absolute Gasteiger partial charge is 0.377 e. The van der Waals surface area contributed by atoms with Crippen LogP contribution >= 0.6 is 11.6 Å². The van der Waals surface area contributed by atoms with Gasteiger partial charge in [0.1, 0.15) is 0 Å². The van der Waals surface area contributed by atoms with Gasteiger partial charge in [-0.1, -0.05) is 0 Å². The van der Waals surface area contributed by atoms with Crippen molar-refractivity contribution in [2.75, 3.05) is 25.6 Å². The molecule has 112 valence electrons. The zero-order valence-corrected chi connectivity index (χ0v) is 10.1. The monoisotopic (exact) mass is 313 g/mol. The van der Waals surface area contributed by atoms with Gasteiger partial charge in [0.2, 0.25) is 11.8 Å². The van der Waals surface area contributed by atoms with Crippen LogP contribution in [0.15, 0.2) is 0 Å². The molecule has 0 aromatic heterocycles. The van der Waals surface area contributed by atoms with Gasteiger partial charge in [-0.05, 0) is 0 Å². The first-order valence-corrected chi connectivity index (χ1v) is 5.70. The van der Waals surface area contributed by atoms with Gasteiger partial charge >= 0.3 is 12.4 Å². The number of carbonyl (C=O) groups excluding carboxylic acids is 1. The van der Waals surface area contributed by atoms with Gasteiger partial charge in [0, 0.05) is 12.4 Å². The molecule has 10 heteroatoms. The molecule has 19 heavy (non-hydrogen) atoms. The molecule has 1 saturated heterocycles. The van der Waals surface area contributed by atoms with Crippen LogP contribution in [0.2, 0.25) is 0 Å². The third kappa shape index (κ3) is 3.88. The molecule has 1 unspecified atom stereocenters. The fraction of sp³-hybridized carbons (Fsp3) is 0.889. The number of nitrogens with zero attached hydrogens (tertiary/aromatic N) is 1. The van der Waals surface area contributed by atoms with Crippen LogP contribution in [0, 0.1) is 5.92 Å². The Balaban J connectivity index is 2.99. The zero-order chi connectivity index (χ0) is 14.8. The van der Waals surface area contributed by atoms with Crippen LogP contribution in [0.25, 0.3) is 0 Å². The van der Waals surface area contributed by atoms with E-state index in [1.807, 2.05) is 0 Å². The number of hydrogen-bond acceptors (Lipinski definition) is 2. The van der Waals surface area contributed by atoms with Gasteiger partial charge in [-0.2, -0.15) is 26.3 Å². The SMILES string of the molecule is O=C(C(C(F)(F)F)C(F)(F)F)N1CCOCC1CCl. The van der Waals surface area contributed by atoms with Crippen molar-refractivity contribution in [2.45, 2.75) is 18.4 Å². The molecule has 1 atom stereocenters. The van der Waals surface area contributed by atoms with E-state index in [1.165, 1.54) is 0 Å². The molecular formula is C9H10ClF6NO2.